The molecule has 92 valence electrons. The quantitative estimate of drug-likeness (QED) is 0.722. The summed E-state index contributed by atoms with van der Waals surface area (Å²) in [7, 11) is 0. The maximum atomic E-state index is 5.96. The lowest BCUT2D eigenvalue weighted by Crippen LogP contribution is -2.04. The molecule has 0 aromatic heterocycles. The van der Waals surface area contributed by atoms with Crippen LogP contribution in [-0.2, 0) is 12.8 Å². The topological polar surface area (TPSA) is 0 Å². The largest absolute Gasteiger partial charge is 0.0890 e. The zero-order valence-corrected chi connectivity index (χ0v) is 11.9. The van der Waals surface area contributed by atoms with E-state index in [0.717, 1.165) is 22.7 Å². The maximum Gasteiger partial charge on any atom is 0.0408 e. The number of hydrogen-bond donors (Lipinski definition) is 0. The Labute approximate surface area is 119 Å². The van der Waals surface area contributed by atoms with Gasteiger partial charge in [0.1, 0.15) is 0 Å². The van der Waals surface area contributed by atoms with Crippen LogP contribution in [0.2, 0.25) is 5.02 Å². The molecule has 0 nitrogen and oxygen atoms in total. The van der Waals surface area contributed by atoms with Gasteiger partial charge in [0.2, 0.25) is 0 Å². The number of halogens is 1. The SMILES string of the molecule is Cc1ccc(CC(=S)Cc2cccc(Cl)c2)cc1. The second kappa shape index (κ2) is 6.12. The Kier molecular flexibility index (Phi) is 4.51. The number of hydrogen-bond acceptors (Lipinski definition) is 1. The molecule has 2 rings (SSSR count). The molecule has 0 saturated heterocycles. The summed E-state index contributed by atoms with van der Waals surface area (Å²) in [4.78, 5) is 1.04. The molecular weight excluding hydrogens is 260 g/mol. The highest BCUT2D eigenvalue weighted by Crippen LogP contribution is 2.13. The first-order valence-electron chi connectivity index (χ1n) is 5.95. The van der Waals surface area contributed by atoms with Gasteiger partial charge in [-0.2, -0.15) is 0 Å². The Balaban J connectivity index is 1.98. The van der Waals surface area contributed by atoms with E-state index < -0.39 is 0 Å². The Morgan fingerprint density at radius 3 is 2.33 bits per heavy atom. The van der Waals surface area contributed by atoms with Gasteiger partial charge in [-0.3, -0.25) is 0 Å². The summed E-state index contributed by atoms with van der Waals surface area (Å²) in [6.07, 6.45) is 1.66. The third kappa shape index (κ3) is 3.94. The average Bonchev–Trinajstić information content (AvgIpc) is 2.32. The van der Waals surface area contributed by atoms with Crippen molar-refractivity contribution < 1.29 is 0 Å². The normalized spacial score (nSPS) is 10.3. The fraction of sp³-hybridized carbons (Fsp3) is 0.188. The summed E-state index contributed by atoms with van der Waals surface area (Å²) in [5, 5.41) is 0.769. The monoisotopic (exact) mass is 274 g/mol. The molecular formula is C16H15ClS. The first-order valence-corrected chi connectivity index (χ1v) is 6.74. The highest BCUT2D eigenvalue weighted by Gasteiger charge is 2.02. The van der Waals surface area contributed by atoms with Crippen LogP contribution in [0, 0.1) is 6.92 Å². The number of aryl methyl sites for hydroxylation is 1. The van der Waals surface area contributed by atoms with Crippen LogP contribution in [-0.4, -0.2) is 4.86 Å². The molecule has 0 atom stereocenters. The minimum Gasteiger partial charge on any atom is -0.0890 e. The fourth-order valence-electron chi connectivity index (χ4n) is 1.87. The summed E-state index contributed by atoms with van der Waals surface area (Å²) in [5.74, 6) is 0. The summed E-state index contributed by atoms with van der Waals surface area (Å²) in [5.41, 5.74) is 3.73. The number of thiocarbonyl (C=S) groups is 1. The molecule has 2 heteroatoms. The van der Waals surface area contributed by atoms with Crippen LogP contribution in [0.25, 0.3) is 0 Å². The van der Waals surface area contributed by atoms with Crippen LogP contribution >= 0.6 is 23.8 Å². The molecule has 0 N–H and O–H groups in total. The Morgan fingerprint density at radius 1 is 1.00 bits per heavy atom. The smallest absolute Gasteiger partial charge is 0.0408 e. The Bertz CT molecular complexity index is 543. The Hall–Kier alpha value is -1.18. The van der Waals surface area contributed by atoms with E-state index in [4.69, 9.17) is 23.8 Å². The molecule has 18 heavy (non-hydrogen) atoms. The highest BCUT2D eigenvalue weighted by atomic mass is 35.5. The van der Waals surface area contributed by atoms with Gasteiger partial charge in [0.15, 0.2) is 0 Å². The van der Waals surface area contributed by atoms with Crippen LogP contribution in [0.5, 0.6) is 0 Å². The van der Waals surface area contributed by atoms with Gasteiger partial charge in [-0.25, -0.2) is 0 Å². The predicted octanol–water partition coefficient (Wildman–Crippen LogP) is 4.80. The molecule has 2 aromatic rings. The van der Waals surface area contributed by atoms with E-state index in [1.54, 1.807) is 0 Å². The van der Waals surface area contributed by atoms with Gasteiger partial charge in [-0.1, -0.05) is 65.8 Å². The van der Waals surface area contributed by atoms with Crippen molar-refractivity contribution in [3.63, 3.8) is 0 Å². The summed E-state index contributed by atoms with van der Waals surface area (Å²) in [6.45, 7) is 2.09. The van der Waals surface area contributed by atoms with E-state index >= 15 is 0 Å². The van der Waals surface area contributed by atoms with E-state index in [1.807, 2.05) is 18.2 Å². The lowest BCUT2D eigenvalue weighted by Gasteiger charge is -2.05. The van der Waals surface area contributed by atoms with Crippen molar-refractivity contribution in [2.45, 2.75) is 19.8 Å². The van der Waals surface area contributed by atoms with Gasteiger partial charge in [0.05, 0.1) is 0 Å². The van der Waals surface area contributed by atoms with Gasteiger partial charge in [-0.05, 0) is 30.2 Å². The molecule has 0 aliphatic rings. The van der Waals surface area contributed by atoms with E-state index in [9.17, 15) is 0 Å². The molecule has 0 aliphatic carbocycles. The standard InChI is InChI=1S/C16H15ClS/c1-12-5-7-13(8-6-12)10-16(18)11-14-3-2-4-15(17)9-14/h2-9H,10-11H2,1H3. The molecule has 0 saturated carbocycles. The molecule has 0 spiro atoms. The zero-order valence-electron chi connectivity index (χ0n) is 10.3. The Morgan fingerprint density at radius 2 is 1.67 bits per heavy atom. The van der Waals surface area contributed by atoms with Crippen molar-refractivity contribution in [1.82, 2.24) is 0 Å². The second-order valence-electron chi connectivity index (χ2n) is 4.51. The van der Waals surface area contributed by atoms with Gasteiger partial charge in [0.25, 0.3) is 0 Å². The lowest BCUT2D eigenvalue weighted by atomic mass is 10.0. The van der Waals surface area contributed by atoms with Crippen molar-refractivity contribution in [2.75, 3.05) is 0 Å². The van der Waals surface area contributed by atoms with Gasteiger partial charge >= 0.3 is 0 Å². The van der Waals surface area contributed by atoms with Crippen LogP contribution in [0.4, 0.5) is 0 Å². The first-order chi connectivity index (χ1) is 8.63. The minimum atomic E-state index is 0.769. The molecule has 0 unspecified atom stereocenters. The maximum absolute atomic E-state index is 5.96. The van der Waals surface area contributed by atoms with E-state index in [2.05, 4.69) is 37.3 Å². The van der Waals surface area contributed by atoms with Crippen molar-refractivity contribution in [3.8, 4) is 0 Å². The average molecular weight is 275 g/mol. The molecule has 0 radical (unpaired) electrons. The van der Waals surface area contributed by atoms with Gasteiger partial charge < -0.3 is 0 Å². The molecule has 0 bridgehead atoms. The van der Waals surface area contributed by atoms with Gasteiger partial charge in [0, 0.05) is 22.7 Å². The summed E-state index contributed by atoms with van der Waals surface area (Å²) < 4.78 is 0. The molecule has 0 fully saturated rings. The number of benzene rings is 2. The van der Waals surface area contributed by atoms with Crippen molar-refractivity contribution >= 4 is 28.7 Å². The highest BCUT2D eigenvalue weighted by molar-refractivity contribution is 7.80. The third-order valence-corrected chi connectivity index (χ3v) is 3.34. The van der Waals surface area contributed by atoms with Crippen LogP contribution < -0.4 is 0 Å². The fourth-order valence-corrected chi connectivity index (χ4v) is 2.42. The van der Waals surface area contributed by atoms with Crippen LogP contribution in [0.15, 0.2) is 48.5 Å². The summed E-state index contributed by atoms with van der Waals surface area (Å²) >= 11 is 11.4. The molecule has 0 amide bonds. The molecule has 0 aliphatic heterocycles. The van der Waals surface area contributed by atoms with Gasteiger partial charge in [-0.15, -0.1) is 0 Å². The van der Waals surface area contributed by atoms with E-state index in [1.165, 1.54) is 16.7 Å². The van der Waals surface area contributed by atoms with Crippen molar-refractivity contribution in [1.29, 1.82) is 0 Å². The zero-order chi connectivity index (χ0) is 13.0. The first kappa shape index (κ1) is 13.3. The minimum absolute atomic E-state index is 0.769. The predicted molar refractivity (Wildman–Crippen MR) is 82.6 cm³/mol. The summed E-state index contributed by atoms with van der Waals surface area (Å²) in [6, 6.07) is 16.4. The van der Waals surface area contributed by atoms with Crippen molar-refractivity contribution in [3.05, 3.63) is 70.2 Å². The lowest BCUT2D eigenvalue weighted by molar-refractivity contribution is 1.25. The van der Waals surface area contributed by atoms with Crippen LogP contribution in [0.3, 0.4) is 0 Å². The molecule has 0 heterocycles. The van der Waals surface area contributed by atoms with Crippen LogP contribution in [0.1, 0.15) is 16.7 Å². The molecule has 2 aromatic carbocycles. The third-order valence-electron chi connectivity index (χ3n) is 2.81. The number of rotatable bonds is 4. The van der Waals surface area contributed by atoms with E-state index in [0.29, 0.717) is 0 Å². The second-order valence-corrected chi connectivity index (χ2v) is 5.52. The van der Waals surface area contributed by atoms with E-state index in [-0.39, 0.29) is 0 Å². The van der Waals surface area contributed by atoms with Crippen molar-refractivity contribution in [2.24, 2.45) is 0 Å².